The Morgan fingerprint density at radius 3 is 2.61 bits per heavy atom. The number of anilines is 1. The van der Waals surface area contributed by atoms with Gasteiger partial charge in [-0.1, -0.05) is 0 Å². The first-order chi connectivity index (χ1) is 16.0. The van der Waals surface area contributed by atoms with Crippen LogP contribution in [0.4, 0.5) is 5.82 Å². The number of sulfonamides is 1. The van der Waals surface area contributed by atoms with E-state index in [0.717, 1.165) is 18.2 Å². The molecule has 1 aromatic carbocycles. The van der Waals surface area contributed by atoms with Crippen molar-refractivity contribution in [3.05, 3.63) is 42.4 Å². The molecule has 3 heterocycles. The Morgan fingerprint density at radius 2 is 1.88 bits per heavy atom. The van der Waals surface area contributed by atoms with Gasteiger partial charge in [-0.05, 0) is 37.1 Å². The van der Waals surface area contributed by atoms with Crippen molar-refractivity contribution in [2.24, 2.45) is 0 Å². The molecular formula is C21H27N7O4S. The van der Waals surface area contributed by atoms with Gasteiger partial charge in [-0.25, -0.2) is 23.1 Å². The fraction of sp³-hybridized carbons (Fsp3) is 0.429. The van der Waals surface area contributed by atoms with E-state index in [0.29, 0.717) is 56.4 Å². The summed E-state index contributed by atoms with van der Waals surface area (Å²) in [5, 5.41) is 11.2. The third-order valence-corrected chi connectivity index (χ3v) is 7.37. The third-order valence-electron chi connectivity index (χ3n) is 5.46. The average molecular weight is 474 g/mol. The number of carbonyl (C=O) groups excluding carboxylic acids is 1. The molecule has 2 aromatic heterocycles. The van der Waals surface area contributed by atoms with Crippen molar-refractivity contribution < 1.29 is 17.9 Å². The van der Waals surface area contributed by atoms with Crippen LogP contribution in [0, 0.1) is 0 Å². The number of ether oxygens (including phenoxy) is 1. The molecule has 0 unspecified atom stereocenters. The lowest BCUT2D eigenvalue weighted by Crippen LogP contribution is -2.29. The van der Waals surface area contributed by atoms with E-state index < -0.39 is 10.0 Å². The Labute approximate surface area is 192 Å². The Hall–Kier alpha value is -3.09. The van der Waals surface area contributed by atoms with E-state index in [1.54, 1.807) is 18.0 Å². The van der Waals surface area contributed by atoms with E-state index in [9.17, 15) is 13.2 Å². The Balaban J connectivity index is 1.35. The molecule has 1 aliphatic heterocycles. The summed E-state index contributed by atoms with van der Waals surface area (Å²) in [7, 11) is -1.86. The summed E-state index contributed by atoms with van der Waals surface area (Å²) in [5.74, 6) is 0.393. The van der Waals surface area contributed by atoms with Crippen molar-refractivity contribution in [3.63, 3.8) is 0 Å². The van der Waals surface area contributed by atoms with Crippen molar-refractivity contribution in [3.8, 4) is 0 Å². The smallest absolute Gasteiger partial charge is 0.251 e. The largest absolute Gasteiger partial charge is 0.383 e. The van der Waals surface area contributed by atoms with Crippen LogP contribution in [0.3, 0.4) is 0 Å². The van der Waals surface area contributed by atoms with E-state index in [4.69, 9.17) is 4.74 Å². The lowest BCUT2D eigenvalue weighted by molar-refractivity contribution is 0.0952. The second kappa shape index (κ2) is 10.2. The number of carbonyl (C=O) groups is 1. The number of aromatic nitrogens is 4. The predicted molar refractivity (Wildman–Crippen MR) is 122 cm³/mol. The zero-order chi connectivity index (χ0) is 23.3. The van der Waals surface area contributed by atoms with Gasteiger partial charge < -0.3 is 15.4 Å². The first kappa shape index (κ1) is 23.1. The molecular weight excluding hydrogens is 446 g/mol. The van der Waals surface area contributed by atoms with E-state index in [1.807, 2.05) is 0 Å². The lowest BCUT2D eigenvalue weighted by Gasteiger charge is -2.15. The number of amides is 1. The van der Waals surface area contributed by atoms with E-state index in [-0.39, 0.29) is 10.8 Å². The van der Waals surface area contributed by atoms with Crippen LogP contribution in [-0.2, 0) is 21.3 Å². The van der Waals surface area contributed by atoms with Gasteiger partial charge in [0.15, 0.2) is 5.65 Å². The molecule has 0 atom stereocenters. The highest BCUT2D eigenvalue weighted by atomic mass is 32.2. The maximum atomic E-state index is 12.6. The van der Waals surface area contributed by atoms with Crippen LogP contribution in [0.1, 0.15) is 23.2 Å². The first-order valence-corrected chi connectivity index (χ1v) is 12.2. The fourth-order valence-electron chi connectivity index (χ4n) is 3.70. The molecule has 1 aliphatic rings. The Morgan fingerprint density at radius 1 is 1.12 bits per heavy atom. The average Bonchev–Trinajstić information content (AvgIpc) is 3.51. The highest BCUT2D eigenvalue weighted by Crippen LogP contribution is 2.21. The minimum Gasteiger partial charge on any atom is -0.383 e. The van der Waals surface area contributed by atoms with Gasteiger partial charge in [0.05, 0.1) is 29.6 Å². The highest BCUT2D eigenvalue weighted by Gasteiger charge is 2.27. The van der Waals surface area contributed by atoms with Crippen LogP contribution < -0.4 is 10.6 Å². The summed E-state index contributed by atoms with van der Waals surface area (Å²) in [6, 6.07) is 6.04. The first-order valence-electron chi connectivity index (χ1n) is 10.8. The van der Waals surface area contributed by atoms with Gasteiger partial charge in [0.25, 0.3) is 5.91 Å². The van der Waals surface area contributed by atoms with Gasteiger partial charge in [-0.15, -0.1) is 0 Å². The zero-order valence-corrected chi connectivity index (χ0v) is 19.2. The number of benzene rings is 1. The molecule has 0 spiro atoms. The van der Waals surface area contributed by atoms with Gasteiger partial charge >= 0.3 is 0 Å². The molecule has 0 saturated carbocycles. The molecule has 0 aliphatic carbocycles. The Bertz CT molecular complexity index is 1210. The van der Waals surface area contributed by atoms with Gasteiger partial charge in [-0.2, -0.15) is 9.40 Å². The highest BCUT2D eigenvalue weighted by molar-refractivity contribution is 7.89. The summed E-state index contributed by atoms with van der Waals surface area (Å²) >= 11 is 0. The standard InChI is InChI=1S/C21H27N7O4S/c1-32-13-9-22-19-18-14-26-28(20(18)25-15-24-19)12-8-23-21(29)16-4-6-17(7-5-16)33(30,31)27-10-2-3-11-27/h4-7,14-15H,2-3,8-13H2,1H3,(H,23,29)(H,22,24,25). The van der Waals surface area contributed by atoms with Crippen LogP contribution >= 0.6 is 0 Å². The number of hydrogen-bond donors (Lipinski definition) is 2. The van der Waals surface area contributed by atoms with Crippen molar-refractivity contribution in [2.45, 2.75) is 24.3 Å². The molecule has 3 aromatic rings. The molecule has 1 amide bonds. The van der Waals surface area contributed by atoms with Crippen molar-refractivity contribution in [1.82, 2.24) is 29.4 Å². The number of fused-ring (bicyclic) bond motifs is 1. The van der Waals surface area contributed by atoms with E-state index >= 15 is 0 Å². The second-order valence-electron chi connectivity index (χ2n) is 7.64. The minimum atomic E-state index is -3.49. The van der Waals surface area contributed by atoms with Crippen molar-refractivity contribution in [2.75, 3.05) is 45.2 Å². The summed E-state index contributed by atoms with van der Waals surface area (Å²) in [4.78, 5) is 21.3. The zero-order valence-electron chi connectivity index (χ0n) is 18.4. The summed E-state index contributed by atoms with van der Waals surface area (Å²) in [6.07, 6.45) is 4.91. The minimum absolute atomic E-state index is 0.207. The van der Waals surface area contributed by atoms with Crippen molar-refractivity contribution >= 4 is 32.8 Å². The molecule has 2 N–H and O–H groups in total. The molecule has 11 nitrogen and oxygen atoms in total. The second-order valence-corrected chi connectivity index (χ2v) is 9.58. The Kier molecular flexibility index (Phi) is 7.16. The van der Waals surface area contributed by atoms with Crippen LogP contribution in [0.15, 0.2) is 41.7 Å². The number of rotatable bonds is 10. The normalized spacial score (nSPS) is 14.6. The molecule has 1 fully saturated rings. The number of nitrogens with one attached hydrogen (secondary N) is 2. The number of methoxy groups -OCH3 is 1. The van der Waals surface area contributed by atoms with Gasteiger partial charge in [0.1, 0.15) is 12.1 Å². The van der Waals surface area contributed by atoms with Gasteiger partial charge in [0, 0.05) is 38.9 Å². The van der Waals surface area contributed by atoms with Crippen molar-refractivity contribution in [1.29, 1.82) is 0 Å². The van der Waals surface area contributed by atoms with Gasteiger partial charge in [0.2, 0.25) is 10.0 Å². The summed E-state index contributed by atoms with van der Waals surface area (Å²) in [6.45, 7) is 3.01. The quantitative estimate of drug-likeness (QED) is 0.419. The third kappa shape index (κ3) is 5.13. The van der Waals surface area contributed by atoms with Gasteiger partial charge in [-0.3, -0.25) is 4.79 Å². The van der Waals surface area contributed by atoms with E-state index in [2.05, 4.69) is 25.7 Å². The predicted octanol–water partition coefficient (Wildman–Crippen LogP) is 1.10. The number of nitrogens with zero attached hydrogens (tertiary/aromatic N) is 5. The van der Waals surface area contributed by atoms with Crippen LogP contribution in [-0.4, -0.2) is 78.3 Å². The molecule has 12 heteroatoms. The molecule has 0 bridgehead atoms. The lowest BCUT2D eigenvalue weighted by atomic mass is 10.2. The molecule has 1 saturated heterocycles. The summed E-state index contributed by atoms with van der Waals surface area (Å²) in [5.41, 5.74) is 1.06. The number of hydrogen-bond acceptors (Lipinski definition) is 8. The van der Waals surface area contributed by atoms with Crippen LogP contribution in [0.25, 0.3) is 11.0 Å². The SMILES string of the molecule is COCCNc1ncnc2c1cnn2CCNC(=O)c1ccc(S(=O)(=O)N2CCCC2)cc1. The van der Waals surface area contributed by atoms with E-state index in [1.165, 1.54) is 34.9 Å². The monoisotopic (exact) mass is 473 g/mol. The molecule has 33 heavy (non-hydrogen) atoms. The van der Waals surface area contributed by atoms with Crippen LogP contribution in [0.5, 0.6) is 0 Å². The maximum Gasteiger partial charge on any atom is 0.251 e. The fourth-order valence-corrected chi connectivity index (χ4v) is 5.22. The molecule has 4 rings (SSSR count). The molecule has 176 valence electrons. The summed E-state index contributed by atoms with van der Waals surface area (Å²) < 4.78 is 33.5. The maximum absolute atomic E-state index is 12.6. The van der Waals surface area contributed by atoms with Crippen LogP contribution in [0.2, 0.25) is 0 Å². The molecule has 0 radical (unpaired) electrons. The topological polar surface area (TPSA) is 131 Å².